The van der Waals surface area contributed by atoms with Crippen LogP contribution in [0.25, 0.3) is 0 Å². The van der Waals surface area contributed by atoms with Gasteiger partial charge >= 0.3 is 0 Å². The van der Waals surface area contributed by atoms with Gasteiger partial charge < -0.3 is 25.6 Å². The summed E-state index contributed by atoms with van der Waals surface area (Å²) in [4.78, 5) is 11.5. The maximum absolute atomic E-state index is 11.5. The minimum atomic E-state index is -0.0592. The molecular weight excluding hydrogens is 260 g/mol. The number of carbonyl (C=O) groups excluding carboxylic acids is 1. The Kier molecular flexibility index (Phi) is 8.17. The van der Waals surface area contributed by atoms with Crippen LogP contribution in [0.1, 0.15) is 12.8 Å². The first kappa shape index (κ1) is 16.3. The molecule has 6 heteroatoms. The van der Waals surface area contributed by atoms with Crippen molar-refractivity contribution in [1.29, 1.82) is 0 Å². The Morgan fingerprint density at radius 1 is 1.30 bits per heavy atom. The number of carbonyl (C=O) groups is 1. The van der Waals surface area contributed by atoms with Gasteiger partial charge in [0.2, 0.25) is 5.91 Å². The van der Waals surface area contributed by atoms with Crippen LogP contribution < -0.4 is 15.8 Å². The quantitative estimate of drug-likeness (QED) is 0.430. The Morgan fingerprint density at radius 3 is 2.90 bits per heavy atom. The smallest absolute Gasteiger partial charge is 0.223 e. The number of rotatable bonds is 10. The van der Waals surface area contributed by atoms with Crippen LogP contribution in [0.5, 0.6) is 5.75 Å². The average molecular weight is 282 g/mol. The normalized spacial score (nSPS) is 10.2. The van der Waals surface area contributed by atoms with E-state index >= 15 is 0 Å². The molecule has 0 unspecified atom stereocenters. The van der Waals surface area contributed by atoms with Crippen molar-refractivity contribution in [2.24, 2.45) is 0 Å². The van der Waals surface area contributed by atoms with Crippen molar-refractivity contribution >= 4 is 11.6 Å². The maximum atomic E-state index is 11.5. The van der Waals surface area contributed by atoms with Gasteiger partial charge in [0.15, 0.2) is 0 Å². The van der Waals surface area contributed by atoms with E-state index in [0.29, 0.717) is 44.2 Å². The Bertz CT molecular complexity index is 399. The predicted molar refractivity (Wildman–Crippen MR) is 76.5 cm³/mol. The van der Waals surface area contributed by atoms with Crippen molar-refractivity contribution in [2.45, 2.75) is 12.8 Å². The number of amides is 1. The van der Waals surface area contributed by atoms with Crippen LogP contribution in [0.2, 0.25) is 0 Å². The van der Waals surface area contributed by atoms with E-state index in [1.54, 1.807) is 24.3 Å². The molecule has 0 atom stereocenters. The molecular formula is C14H22N2O4. The van der Waals surface area contributed by atoms with Crippen LogP contribution in [-0.2, 0) is 9.53 Å². The highest BCUT2D eigenvalue weighted by molar-refractivity contribution is 5.75. The van der Waals surface area contributed by atoms with Gasteiger partial charge in [0.25, 0.3) is 0 Å². The summed E-state index contributed by atoms with van der Waals surface area (Å²) in [6, 6.07) is 7.10. The third kappa shape index (κ3) is 7.60. The molecule has 0 heterocycles. The molecule has 0 bridgehead atoms. The number of hydrogen-bond acceptors (Lipinski definition) is 5. The van der Waals surface area contributed by atoms with Crippen molar-refractivity contribution in [1.82, 2.24) is 5.32 Å². The SMILES string of the molecule is Nc1cccc(OCCC(=O)NCCCOCCO)c1. The first-order valence-electron chi connectivity index (χ1n) is 6.66. The monoisotopic (exact) mass is 282 g/mol. The molecule has 1 aromatic rings. The van der Waals surface area contributed by atoms with Gasteiger partial charge in [0.1, 0.15) is 5.75 Å². The Hall–Kier alpha value is -1.79. The number of ether oxygens (including phenoxy) is 2. The highest BCUT2D eigenvalue weighted by Gasteiger charge is 2.01. The molecule has 0 aromatic heterocycles. The number of aliphatic hydroxyl groups is 1. The van der Waals surface area contributed by atoms with Crippen molar-refractivity contribution in [3.8, 4) is 5.75 Å². The van der Waals surface area contributed by atoms with Crippen LogP contribution in [0.4, 0.5) is 5.69 Å². The van der Waals surface area contributed by atoms with Crippen molar-refractivity contribution in [3.05, 3.63) is 24.3 Å². The zero-order valence-corrected chi connectivity index (χ0v) is 11.5. The summed E-state index contributed by atoms with van der Waals surface area (Å²) in [5.41, 5.74) is 6.25. The molecule has 0 saturated heterocycles. The van der Waals surface area contributed by atoms with Gasteiger partial charge in [-0.25, -0.2) is 0 Å². The van der Waals surface area contributed by atoms with Gasteiger partial charge in [0.05, 0.1) is 26.2 Å². The Balaban J connectivity index is 2.03. The van der Waals surface area contributed by atoms with Gasteiger partial charge in [-0.3, -0.25) is 4.79 Å². The lowest BCUT2D eigenvalue weighted by atomic mass is 10.3. The summed E-state index contributed by atoms with van der Waals surface area (Å²) in [6.45, 7) is 1.76. The third-order valence-corrected chi connectivity index (χ3v) is 2.48. The van der Waals surface area contributed by atoms with Crippen LogP contribution in [0.3, 0.4) is 0 Å². The molecule has 0 aliphatic carbocycles. The van der Waals surface area contributed by atoms with E-state index in [4.69, 9.17) is 20.3 Å². The van der Waals surface area contributed by atoms with Crippen LogP contribution in [-0.4, -0.2) is 44.0 Å². The Morgan fingerprint density at radius 2 is 2.15 bits per heavy atom. The molecule has 0 saturated carbocycles. The van der Waals surface area contributed by atoms with Gasteiger partial charge in [-0.2, -0.15) is 0 Å². The fourth-order valence-corrected chi connectivity index (χ4v) is 1.52. The van der Waals surface area contributed by atoms with Crippen LogP contribution in [0, 0.1) is 0 Å². The number of nitrogen functional groups attached to an aromatic ring is 1. The van der Waals surface area contributed by atoms with E-state index in [0.717, 1.165) is 6.42 Å². The number of aliphatic hydroxyl groups excluding tert-OH is 1. The fourth-order valence-electron chi connectivity index (χ4n) is 1.52. The van der Waals surface area contributed by atoms with E-state index in [1.807, 2.05) is 0 Å². The summed E-state index contributed by atoms with van der Waals surface area (Å²) in [5, 5.41) is 11.3. The fraction of sp³-hybridized carbons (Fsp3) is 0.500. The molecule has 0 radical (unpaired) electrons. The topological polar surface area (TPSA) is 93.8 Å². The van der Waals surface area contributed by atoms with Gasteiger partial charge in [-0.15, -0.1) is 0 Å². The molecule has 1 rings (SSSR count). The summed E-state index contributed by atoms with van der Waals surface area (Å²) < 4.78 is 10.5. The van der Waals surface area contributed by atoms with E-state index in [-0.39, 0.29) is 12.5 Å². The largest absolute Gasteiger partial charge is 0.493 e. The number of anilines is 1. The second-order valence-electron chi connectivity index (χ2n) is 4.21. The van der Waals surface area contributed by atoms with Crippen molar-refractivity contribution < 1.29 is 19.4 Å². The summed E-state index contributed by atoms with van der Waals surface area (Å²) in [5.74, 6) is 0.603. The number of benzene rings is 1. The first-order chi connectivity index (χ1) is 9.72. The minimum Gasteiger partial charge on any atom is -0.493 e. The lowest BCUT2D eigenvalue weighted by Crippen LogP contribution is -2.26. The summed E-state index contributed by atoms with van der Waals surface area (Å²) in [7, 11) is 0. The lowest BCUT2D eigenvalue weighted by molar-refractivity contribution is -0.121. The first-order valence-corrected chi connectivity index (χ1v) is 6.66. The zero-order valence-electron chi connectivity index (χ0n) is 11.5. The zero-order chi connectivity index (χ0) is 14.6. The molecule has 1 amide bonds. The second kappa shape index (κ2) is 10.1. The van der Waals surface area contributed by atoms with Gasteiger partial charge in [-0.05, 0) is 18.6 Å². The average Bonchev–Trinajstić information content (AvgIpc) is 2.43. The standard InChI is InChI=1S/C14H22N2O4/c15-12-3-1-4-13(11-12)20-9-5-14(18)16-6-2-8-19-10-7-17/h1,3-4,11,17H,2,5-10,15H2,(H,16,18). The van der Waals surface area contributed by atoms with Gasteiger partial charge in [0, 0.05) is 24.9 Å². The molecule has 0 aliphatic rings. The van der Waals surface area contributed by atoms with E-state index in [9.17, 15) is 4.79 Å². The van der Waals surface area contributed by atoms with Crippen LogP contribution in [0.15, 0.2) is 24.3 Å². The van der Waals surface area contributed by atoms with Crippen molar-refractivity contribution in [3.63, 3.8) is 0 Å². The molecule has 6 nitrogen and oxygen atoms in total. The van der Waals surface area contributed by atoms with E-state index in [2.05, 4.69) is 5.32 Å². The highest BCUT2D eigenvalue weighted by Crippen LogP contribution is 2.14. The number of hydrogen-bond donors (Lipinski definition) is 3. The highest BCUT2D eigenvalue weighted by atomic mass is 16.5. The maximum Gasteiger partial charge on any atom is 0.223 e. The lowest BCUT2D eigenvalue weighted by Gasteiger charge is -2.08. The molecule has 1 aromatic carbocycles. The second-order valence-corrected chi connectivity index (χ2v) is 4.21. The van der Waals surface area contributed by atoms with Crippen LogP contribution >= 0.6 is 0 Å². The van der Waals surface area contributed by atoms with Gasteiger partial charge in [-0.1, -0.05) is 6.07 Å². The van der Waals surface area contributed by atoms with E-state index < -0.39 is 0 Å². The van der Waals surface area contributed by atoms with Crippen molar-refractivity contribution in [2.75, 3.05) is 38.7 Å². The molecule has 112 valence electrons. The number of nitrogens with two attached hydrogens (primary N) is 1. The molecule has 0 fully saturated rings. The van der Waals surface area contributed by atoms with E-state index in [1.165, 1.54) is 0 Å². The molecule has 0 aliphatic heterocycles. The minimum absolute atomic E-state index is 0.0215. The predicted octanol–water partition coefficient (Wildman–Crippen LogP) is 0.553. The third-order valence-electron chi connectivity index (χ3n) is 2.48. The summed E-state index contributed by atoms with van der Waals surface area (Å²) in [6.07, 6.45) is 1.02. The Labute approximate surface area is 118 Å². The number of nitrogens with one attached hydrogen (secondary N) is 1. The molecule has 0 spiro atoms. The molecule has 4 N–H and O–H groups in total. The summed E-state index contributed by atoms with van der Waals surface area (Å²) >= 11 is 0. The molecule has 20 heavy (non-hydrogen) atoms.